The standard InChI is InChI=1S/C21H19F2N3O3/c1-12(20(28)25-17-6-4-3-5-16(17)23)24-19(27)11-18-13(2)29-21(26-18)14-7-9-15(22)10-8-14/h3-10,12H,11H2,1-2H3,(H,24,27)(H,25,28). The van der Waals surface area contributed by atoms with Crippen molar-refractivity contribution in [3.8, 4) is 11.5 Å². The number of aromatic nitrogens is 1. The Kier molecular flexibility index (Phi) is 6.01. The Hall–Kier alpha value is -3.55. The van der Waals surface area contributed by atoms with Crippen molar-refractivity contribution in [3.63, 3.8) is 0 Å². The number of nitrogens with one attached hydrogen (secondary N) is 2. The minimum Gasteiger partial charge on any atom is -0.441 e. The van der Waals surface area contributed by atoms with Gasteiger partial charge in [-0.05, 0) is 50.2 Å². The van der Waals surface area contributed by atoms with Gasteiger partial charge in [0.2, 0.25) is 17.7 Å². The lowest BCUT2D eigenvalue weighted by Gasteiger charge is -2.14. The number of carbonyl (C=O) groups is 2. The molecule has 2 amide bonds. The SMILES string of the molecule is Cc1oc(-c2ccc(F)cc2)nc1CC(=O)NC(C)C(=O)Nc1ccccc1F. The van der Waals surface area contributed by atoms with E-state index in [2.05, 4.69) is 15.6 Å². The first kappa shape index (κ1) is 20.2. The van der Waals surface area contributed by atoms with Crippen molar-refractivity contribution < 1.29 is 22.8 Å². The van der Waals surface area contributed by atoms with Crippen molar-refractivity contribution in [2.24, 2.45) is 0 Å². The van der Waals surface area contributed by atoms with Crippen LogP contribution in [0.3, 0.4) is 0 Å². The number of halogens is 2. The van der Waals surface area contributed by atoms with Crippen LogP contribution < -0.4 is 10.6 Å². The Morgan fingerprint density at radius 1 is 1.10 bits per heavy atom. The summed E-state index contributed by atoms with van der Waals surface area (Å²) < 4.78 is 32.2. The average Bonchev–Trinajstić information content (AvgIpc) is 3.04. The molecule has 150 valence electrons. The van der Waals surface area contributed by atoms with Gasteiger partial charge in [0.15, 0.2) is 0 Å². The highest BCUT2D eigenvalue weighted by molar-refractivity contribution is 5.97. The number of benzene rings is 2. The molecule has 1 aromatic heterocycles. The molecule has 0 fully saturated rings. The molecule has 1 atom stereocenters. The van der Waals surface area contributed by atoms with Crippen molar-refractivity contribution in [3.05, 3.63) is 71.6 Å². The third-order valence-corrected chi connectivity index (χ3v) is 4.21. The third kappa shape index (κ3) is 5.04. The molecule has 0 spiro atoms. The van der Waals surface area contributed by atoms with Crippen molar-refractivity contribution in [1.82, 2.24) is 10.3 Å². The molecule has 3 rings (SSSR count). The molecule has 1 unspecified atom stereocenters. The fourth-order valence-corrected chi connectivity index (χ4v) is 2.62. The van der Waals surface area contributed by atoms with E-state index >= 15 is 0 Å². The van der Waals surface area contributed by atoms with Crippen molar-refractivity contribution in [2.75, 3.05) is 5.32 Å². The Morgan fingerprint density at radius 3 is 2.48 bits per heavy atom. The molecule has 0 bridgehead atoms. The fourth-order valence-electron chi connectivity index (χ4n) is 2.62. The van der Waals surface area contributed by atoms with Gasteiger partial charge in [0, 0.05) is 5.56 Å². The van der Waals surface area contributed by atoms with E-state index in [4.69, 9.17) is 4.42 Å². The Labute approximate surface area is 166 Å². The van der Waals surface area contributed by atoms with Gasteiger partial charge in [0.1, 0.15) is 23.4 Å². The van der Waals surface area contributed by atoms with Gasteiger partial charge in [0.05, 0.1) is 17.8 Å². The van der Waals surface area contributed by atoms with Crippen LogP contribution in [0, 0.1) is 18.6 Å². The number of oxazole rings is 1. The molecule has 8 heteroatoms. The lowest BCUT2D eigenvalue weighted by Crippen LogP contribution is -2.42. The smallest absolute Gasteiger partial charge is 0.246 e. The highest BCUT2D eigenvalue weighted by Crippen LogP contribution is 2.22. The van der Waals surface area contributed by atoms with Gasteiger partial charge in [-0.25, -0.2) is 13.8 Å². The topological polar surface area (TPSA) is 84.2 Å². The summed E-state index contributed by atoms with van der Waals surface area (Å²) in [6, 6.07) is 10.5. The van der Waals surface area contributed by atoms with Crippen LogP contribution in [-0.4, -0.2) is 22.8 Å². The van der Waals surface area contributed by atoms with Gasteiger partial charge in [-0.1, -0.05) is 12.1 Å². The van der Waals surface area contributed by atoms with E-state index in [0.717, 1.165) is 0 Å². The minimum atomic E-state index is -0.883. The molecular weight excluding hydrogens is 380 g/mol. The third-order valence-electron chi connectivity index (χ3n) is 4.21. The first-order valence-corrected chi connectivity index (χ1v) is 8.90. The second-order valence-electron chi connectivity index (χ2n) is 6.46. The van der Waals surface area contributed by atoms with Gasteiger partial charge < -0.3 is 15.1 Å². The summed E-state index contributed by atoms with van der Waals surface area (Å²) in [6.07, 6.45) is -0.103. The first-order valence-electron chi connectivity index (χ1n) is 8.90. The quantitative estimate of drug-likeness (QED) is 0.663. The van der Waals surface area contributed by atoms with Crippen LogP contribution in [0.1, 0.15) is 18.4 Å². The minimum absolute atomic E-state index is 0.0369. The van der Waals surface area contributed by atoms with Crippen LogP contribution in [0.4, 0.5) is 14.5 Å². The van der Waals surface area contributed by atoms with E-state index in [1.54, 1.807) is 13.0 Å². The number of anilines is 1. The van der Waals surface area contributed by atoms with Crippen LogP contribution in [0.5, 0.6) is 0 Å². The van der Waals surface area contributed by atoms with Crippen LogP contribution in [-0.2, 0) is 16.0 Å². The zero-order valence-electron chi connectivity index (χ0n) is 15.8. The van der Waals surface area contributed by atoms with Crippen molar-refractivity contribution in [2.45, 2.75) is 26.3 Å². The molecule has 6 nitrogen and oxygen atoms in total. The van der Waals surface area contributed by atoms with E-state index in [1.807, 2.05) is 0 Å². The summed E-state index contributed by atoms with van der Waals surface area (Å²) in [5.74, 6) is -1.21. The predicted octanol–water partition coefficient (Wildman–Crippen LogP) is 3.61. The lowest BCUT2D eigenvalue weighted by atomic mass is 10.2. The maximum Gasteiger partial charge on any atom is 0.246 e. The van der Waals surface area contributed by atoms with Gasteiger partial charge in [-0.15, -0.1) is 0 Å². The maximum absolute atomic E-state index is 13.6. The Morgan fingerprint density at radius 2 is 1.79 bits per heavy atom. The van der Waals surface area contributed by atoms with Crippen LogP contribution in [0.15, 0.2) is 52.9 Å². The van der Waals surface area contributed by atoms with Crippen molar-refractivity contribution >= 4 is 17.5 Å². The summed E-state index contributed by atoms with van der Waals surface area (Å²) in [5, 5.41) is 4.97. The highest BCUT2D eigenvalue weighted by Gasteiger charge is 2.20. The molecule has 0 aliphatic heterocycles. The Balaban J connectivity index is 1.61. The van der Waals surface area contributed by atoms with E-state index in [1.165, 1.54) is 49.4 Å². The molecule has 0 saturated heterocycles. The van der Waals surface area contributed by atoms with Gasteiger partial charge in [-0.3, -0.25) is 9.59 Å². The monoisotopic (exact) mass is 399 g/mol. The van der Waals surface area contributed by atoms with Crippen LogP contribution in [0.25, 0.3) is 11.5 Å². The number of amides is 2. The number of para-hydroxylation sites is 1. The predicted molar refractivity (Wildman–Crippen MR) is 103 cm³/mol. The zero-order valence-corrected chi connectivity index (χ0v) is 15.8. The molecule has 29 heavy (non-hydrogen) atoms. The molecule has 2 N–H and O–H groups in total. The number of hydrogen-bond acceptors (Lipinski definition) is 4. The van der Waals surface area contributed by atoms with E-state index < -0.39 is 23.7 Å². The molecule has 0 aliphatic carbocycles. The van der Waals surface area contributed by atoms with E-state index in [-0.39, 0.29) is 23.8 Å². The van der Waals surface area contributed by atoms with Gasteiger partial charge >= 0.3 is 0 Å². The number of rotatable bonds is 6. The Bertz CT molecular complexity index is 1030. The molecular formula is C21H19F2N3O3. The highest BCUT2D eigenvalue weighted by atomic mass is 19.1. The summed E-state index contributed by atoms with van der Waals surface area (Å²) in [7, 11) is 0. The lowest BCUT2D eigenvalue weighted by molar-refractivity contribution is -0.125. The molecule has 0 radical (unpaired) electrons. The summed E-state index contributed by atoms with van der Waals surface area (Å²) in [5.41, 5.74) is 1.03. The number of nitrogens with zero attached hydrogens (tertiary/aromatic N) is 1. The maximum atomic E-state index is 13.6. The van der Waals surface area contributed by atoms with Gasteiger partial charge in [0.25, 0.3) is 0 Å². The molecule has 2 aromatic carbocycles. The average molecular weight is 399 g/mol. The molecule has 1 heterocycles. The number of hydrogen-bond donors (Lipinski definition) is 2. The first-order chi connectivity index (χ1) is 13.8. The van der Waals surface area contributed by atoms with Crippen LogP contribution >= 0.6 is 0 Å². The molecule has 0 aliphatic rings. The number of aryl methyl sites for hydroxylation is 1. The largest absolute Gasteiger partial charge is 0.441 e. The fraction of sp³-hybridized carbons (Fsp3) is 0.190. The molecule has 0 saturated carbocycles. The summed E-state index contributed by atoms with van der Waals surface area (Å²) >= 11 is 0. The number of carbonyl (C=O) groups excluding carboxylic acids is 2. The summed E-state index contributed by atoms with van der Waals surface area (Å²) in [6.45, 7) is 3.16. The van der Waals surface area contributed by atoms with Crippen LogP contribution in [0.2, 0.25) is 0 Å². The zero-order chi connectivity index (χ0) is 21.0. The summed E-state index contributed by atoms with van der Waals surface area (Å²) in [4.78, 5) is 28.8. The van der Waals surface area contributed by atoms with Gasteiger partial charge in [-0.2, -0.15) is 0 Å². The van der Waals surface area contributed by atoms with E-state index in [0.29, 0.717) is 17.0 Å². The second kappa shape index (κ2) is 8.64. The van der Waals surface area contributed by atoms with E-state index in [9.17, 15) is 18.4 Å². The normalized spacial score (nSPS) is 11.7. The second-order valence-corrected chi connectivity index (χ2v) is 6.46. The molecule has 3 aromatic rings. The van der Waals surface area contributed by atoms with Crippen molar-refractivity contribution in [1.29, 1.82) is 0 Å².